The highest BCUT2D eigenvalue weighted by Crippen LogP contribution is 2.40. The van der Waals surface area contributed by atoms with Crippen molar-refractivity contribution >= 4 is 25.8 Å². The molecule has 0 aliphatic carbocycles. The summed E-state index contributed by atoms with van der Waals surface area (Å²) in [5, 5.41) is 0. The van der Waals surface area contributed by atoms with Gasteiger partial charge in [-0.15, -0.1) is 0 Å². The normalized spacial score (nSPS) is 24.7. The zero-order chi connectivity index (χ0) is 14.0. The first-order valence-corrected chi connectivity index (χ1v) is 15.1. The van der Waals surface area contributed by atoms with Crippen LogP contribution in [0.15, 0.2) is 0 Å². The van der Waals surface area contributed by atoms with E-state index in [0.717, 1.165) is 0 Å². The van der Waals surface area contributed by atoms with Gasteiger partial charge in [0, 0.05) is 19.9 Å². The van der Waals surface area contributed by atoms with Crippen molar-refractivity contribution in [3.8, 4) is 0 Å². The van der Waals surface area contributed by atoms with Gasteiger partial charge in [-0.2, -0.15) is 0 Å². The zero-order valence-electron chi connectivity index (χ0n) is 13.2. The van der Waals surface area contributed by atoms with Gasteiger partial charge in [0.2, 0.25) is 0 Å². The van der Waals surface area contributed by atoms with Crippen LogP contribution in [-0.4, -0.2) is 49.9 Å². The molecule has 6 heteroatoms. The summed E-state index contributed by atoms with van der Waals surface area (Å²) >= 11 is 0. The lowest BCUT2D eigenvalue weighted by atomic mass is 10.3. The molecule has 0 aromatic rings. The Bertz CT molecular complexity index is 254. The van der Waals surface area contributed by atoms with Gasteiger partial charge in [-0.05, 0) is 18.5 Å². The van der Waals surface area contributed by atoms with Crippen molar-refractivity contribution in [2.45, 2.75) is 63.7 Å². The van der Waals surface area contributed by atoms with Gasteiger partial charge in [-0.3, -0.25) is 0 Å². The van der Waals surface area contributed by atoms with E-state index < -0.39 is 25.8 Å². The van der Waals surface area contributed by atoms with Crippen LogP contribution < -0.4 is 0 Å². The smallest absolute Gasteiger partial charge is 0.337 e. The molecular weight excluding hydrogens is 274 g/mol. The Balaban J connectivity index is 3.02. The predicted octanol–water partition coefficient (Wildman–Crippen LogP) is 2.93. The molecule has 0 bridgehead atoms. The van der Waals surface area contributed by atoms with Gasteiger partial charge in [-0.25, -0.2) is 0 Å². The summed E-state index contributed by atoms with van der Waals surface area (Å²) in [5.74, 6) is 0. The molecular formula is C12H31NO2Si3. The van der Waals surface area contributed by atoms with Gasteiger partial charge < -0.3 is 13.1 Å². The van der Waals surface area contributed by atoms with Crippen molar-refractivity contribution in [2.24, 2.45) is 0 Å². The fraction of sp³-hybridized carbons (Fsp3) is 1.00. The van der Waals surface area contributed by atoms with Crippen LogP contribution in [0, 0.1) is 0 Å². The summed E-state index contributed by atoms with van der Waals surface area (Å²) < 4.78 is 14.4. The van der Waals surface area contributed by atoms with Crippen molar-refractivity contribution in [3.63, 3.8) is 0 Å². The average molecular weight is 306 g/mol. The van der Waals surface area contributed by atoms with Gasteiger partial charge in [0.1, 0.15) is 16.5 Å². The maximum absolute atomic E-state index is 5.73. The minimum Gasteiger partial charge on any atom is -0.399 e. The molecule has 1 atom stereocenters. The van der Waals surface area contributed by atoms with Crippen LogP contribution in [0.25, 0.3) is 0 Å². The quantitative estimate of drug-likeness (QED) is 0.704. The number of hydrogen-bond acceptors (Lipinski definition) is 3. The van der Waals surface area contributed by atoms with E-state index in [-0.39, 0.29) is 0 Å². The lowest BCUT2D eigenvalue weighted by Gasteiger charge is -2.46. The molecule has 1 rings (SSSR count). The van der Waals surface area contributed by atoms with Crippen LogP contribution in [0.4, 0.5) is 0 Å². The highest BCUT2D eigenvalue weighted by molar-refractivity contribution is 6.96. The fourth-order valence-electron chi connectivity index (χ4n) is 3.66. The Morgan fingerprint density at radius 2 is 1.50 bits per heavy atom. The molecule has 0 saturated carbocycles. The van der Waals surface area contributed by atoms with Crippen LogP contribution in [0.3, 0.4) is 0 Å². The molecule has 1 unspecified atom stereocenters. The van der Waals surface area contributed by atoms with Crippen molar-refractivity contribution in [1.82, 2.24) is 4.23 Å². The van der Waals surface area contributed by atoms with Crippen LogP contribution >= 0.6 is 0 Å². The van der Waals surface area contributed by atoms with E-state index in [1.807, 2.05) is 14.2 Å². The topological polar surface area (TPSA) is 21.7 Å². The van der Waals surface area contributed by atoms with E-state index in [2.05, 4.69) is 37.3 Å². The molecule has 1 heterocycles. The molecule has 1 aliphatic heterocycles. The molecule has 3 nitrogen and oxygen atoms in total. The average Bonchev–Trinajstić information content (AvgIpc) is 2.49. The van der Waals surface area contributed by atoms with E-state index >= 15 is 0 Å². The molecule has 108 valence electrons. The molecule has 1 fully saturated rings. The summed E-state index contributed by atoms with van der Waals surface area (Å²) in [7, 11) is -0.337. The first-order valence-electron chi connectivity index (χ1n) is 7.15. The van der Waals surface area contributed by atoms with Crippen molar-refractivity contribution in [3.05, 3.63) is 0 Å². The first kappa shape index (κ1) is 16.6. The molecule has 0 aromatic heterocycles. The number of rotatable bonds is 6. The van der Waals surface area contributed by atoms with Gasteiger partial charge >= 0.3 is 9.28 Å². The SMILES string of the molecule is CCCC(N1[Si](C)(C)CC[Si]1(C)C)[SiH](OC)OC. The molecule has 1 aliphatic rings. The Morgan fingerprint density at radius 3 is 1.83 bits per heavy atom. The van der Waals surface area contributed by atoms with Crippen LogP contribution in [0.2, 0.25) is 38.3 Å². The lowest BCUT2D eigenvalue weighted by Crippen LogP contribution is -2.64. The highest BCUT2D eigenvalue weighted by Gasteiger charge is 2.52. The Labute approximate surface area is 117 Å². The standard InChI is InChI=1S/C12H31NO2Si3/c1-8-9-12(16(14-2)15-3)13-17(4,5)10-11-18(13,6)7/h12,16H,8-11H2,1-7H3. The van der Waals surface area contributed by atoms with Crippen LogP contribution in [0.1, 0.15) is 19.8 Å². The second-order valence-electron chi connectivity index (χ2n) is 6.69. The summed E-state index contributed by atoms with van der Waals surface area (Å²) in [6, 6.07) is 2.92. The van der Waals surface area contributed by atoms with E-state index in [1.54, 1.807) is 0 Å². The largest absolute Gasteiger partial charge is 0.399 e. The molecule has 0 spiro atoms. The summed E-state index contributed by atoms with van der Waals surface area (Å²) in [6.07, 6.45) is 2.47. The van der Waals surface area contributed by atoms with Crippen LogP contribution in [-0.2, 0) is 8.85 Å². The Hall–Kier alpha value is 0.531. The van der Waals surface area contributed by atoms with Crippen LogP contribution in [0.5, 0.6) is 0 Å². The molecule has 0 N–H and O–H groups in total. The highest BCUT2D eigenvalue weighted by atomic mass is 28.4. The minimum atomic E-state index is -1.55. The molecule has 1 saturated heterocycles. The summed E-state index contributed by atoms with van der Waals surface area (Å²) in [6.45, 7) is 12.4. The van der Waals surface area contributed by atoms with Crippen molar-refractivity contribution < 1.29 is 8.85 Å². The Morgan fingerprint density at radius 1 is 1.06 bits per heavy atom. The van der Waals surface area contributed by atoms with E-state index in [1.165, 1.54) is 24.9 Å². The van der Waals surface area contributed by atoms with Gasteiger partial charge in [0.15, 0.2) is 0 Å². The monoisotopic (exact) mass is 305 g/mol. The molecule has 0 amide bonds. The number of hydrogen-bond donors (Lipinski definition) is 0. The summed E-state index contributed by atoms with van der Waals surface area (Å²) in [5.41, 5.74) is 0.593. The number of nitrogens with zero attached hydrogens (tertiary/aromatic N) is 1. The summed E-state index contributed by atoms with van der Waals surface area (Å²) in [4.78, 5) is 0. The Kier molecular flexibility index (Phi) is 5.82. The molecule has 18 heavy (non-hydrogen) atoms. The first-order chi connectivity index (χ1) is 8.30. The minimum absolute atomic E-state index is 0.593. The predicted molar refractivity (Wildman–Crippen MR) is 86.3 cm³/mol. The van der Waals surface area contributed by atoms with E-state index in [9.17, 15) is 0 Å². The third-order valence-corrected chi connectivity index (χ3v) is 17.5. The van der Waals surface area contributed by atoms with E-state index in [0.29, 0.717) is 5.67 Å². The van der Waals surface area contributed by atoms with E-state index in [4.69, 9.17) is 8.85 Å². The second kappa shape index (κ2) is 6.32. The fourth-order valence-corrected chi connectivity index (χ4v) is 23.1. The molecule has 0 radical (unpaired) electrons. The van der Waals surface area contributed by atoms with Crippen molar-refractivity contribution in [1.29, 1.82) is 0 Å². The second-order valence-corrected chi connectivity index (χ2v) is 18.8. The molecule has 0 aromatic carbocycles. The lowest BCUT2D eigenvalue weighted by molar-refractivity contribution is 0.246. The third-order valence-electron chi connectivity index (χ3n) is 4.35. The van der Waals surface area contributed by atoms with Crippen molar-refractivity contribution in [2.75, 3.05) is 14.2 Å². The van der Waals surface area contributed by atoms with Gasteiger partial charge in [-0.1, -0.05) is 39.5 Å². The zero-order valence-corrected chi connectivity index (χ0v) is 16.4. The van der Waals surface area contributed by atoms with Gasteiger partial charge in [0.05, 0.1) is 0 Å². The third kappa shape index (κ3) is 3.34. The maximum Gasteiger partial charge on any atom is 0.337 e. The maximum atomic E-state index is 5.73. The van der Waals surface area contributed by atoms with Gasteiger partial charge in [0.25, 0.3) is 0 Å².